The van der Waals surface area contributed by atoms with Gasteiger partial charge in [0.2, 0.25) is 5.91 Å². The van der Waals surface area contributed by atoms with Gasteiger partial charge in [0, 0.05) is 30.2 Å². The van der Waals surface area contributed by atoms with E-state index in [9.17, 15) is 18.0 Å². The number of fused-ring (bicyclic) bond motifs is 1. The molecule has 0 spiro atoms. The predicted octanol–water partition coefficient (Wildman–Crippen LogP) is 2.49. The summed E-state index contributed by atoms with van der Waals surface area (Å²) in [6.07, 6.45) is 5.11. The second-order valence-electron chi connectivity index (χ2n) is 7.91. The van der Waals surface area contributed by atoms with Crippen LogP contribution in [-0.2, 0) is 34.0 Å². The van der Waals surface area contributed by atoms with Crippen LogP contribution in [0.2, 0.25) is 0 Å². The van der Waals surface area contributed by atoms with Crippen LogP contribution in [0.5, 0.6) is 0 Å². The monoisotopic (exact) mass is 485 g/mol. The Balaban J connectivity index is 1.39. The Morgan fingerprint density at radius 3 is 2.61 bits per heavy atom. The molecule has 0 bridgehead atoms. The van der Waals surface area contributed by atoms with Gasteiger partial charge < -0.3 is 4.90 Å². The van der Waals surface area contributed by atoms with E-state index in [2.05, 4.69) is 20.3 Å². The first-order chi connectivity index (χ1) is 15.7. The third kappa shape index (κ3) is 5.09. The molecule has 1 aliphatic rings. The molecule has 172 valence electrons. The number of carbonyl (C=O) groups excluding carboxylic acids is 2. The van der Waals surface area contributed by atoms with Crippen molar-refractivity contribution < 1.29 is 18.0 Å². The SMILES string of the molecule is CC(C)S(=O)(=O)c1ccc(CC(=O)N2CCc3nc(NC(=O)c4cnccn4)sc3C2)cc1. The van der Waals surface area contributed by atoms with E-state index in [0.29, 0.717) is 24.6 Å². The van der Waals surface area contributed by atoms with Crippen molar-refractivity contribution in [3.8, 4) is 0 Å². The first-order valence-corrected chi connectivity index (χ1v) is 12.8. The molecule has 0 fully saturated rings. The Morgan fingerprint density at radius 1 is 1.18 bits per heavy atom. The van der Waals surface area contributed by atoms with Gasteiger partial charge in [-0.3, -0.25) is 19.9 Å². The zero-order valence-corrected chi connectivity index (χ0v) is 19.8. The molecule has 2 aromatic heterocycles. The number of sulfone groups is 1. The smallest absolute Gasteiger partial charge is 0.277 e. The molecule has 0 saturated heterocycles. The molecule has 0 radical (unpaired) electrons. The number of nitrogens with one attached hydrogen (secondary N) is 1. The molecule has 4 rings (SSSR count). The Bertz CT molecular complexity index is 1270. The number of benzene rings is 1. The number of anilines is 1. The second kappa shape index (κ2) is 9.36. The van der Waals surface area contributed by atoms with Crippen LogP contribution >= 0.6 is 11.3 Å². The molecule has 11 heteroatoms. The van der Waals surface area contributed by atoms with Gasteiger partial charge in [-0.25, -0.2) is 18.4 Å². The lowest BCUT2D eigenvalue weighted by molar-refractivity contribution is -0.131. The number of aromatic nitrogens is 3. The summed E-state index contributed by atoms with van der Waals surface area (Å²) in [5, 5.41) is 2.70. The molecule has 1 aromatic carbocycles. The van der Waals surface area contributed by atoms with Crippen LogP contribution in [0.3, 0.4) is 0 Å². The average Bonchev–Trinajstić information content (AvgIpc) is 3.21. The highest BCUT2D eigenvalue weighted by Crippen LogP contribution is 2.29. The minimum absolute atomic E-state index is 0.0429. The summed E-state index contributed by atoms with van der Waals surface area (Å²) in [6, 6.07) is 6.49. The van der Waals surface area contributed by atoms with E-state index in [1.165, 1.54) is 29.9 Å². The number of hydrogen-bond acceptors (Lipinski definition) is 8. The fraction of sp³-hybridized carbons (Fsp3) is 0.318. The second-order valence-corrected chi connectivity index (χ2v) is 11.5. The average molecular weight is 486 g/mol. The van der Waals surface area contributed by atoms with Crippen molar-refractivity contribution in [1.29, 1.82) is 0 Å². The van der Waals surface area contributed by atoms with Crippen molar-refractivity contribution in [2.24, 2.45) is 0 Å². The quantitative estimate of drug-likeness (QED) is 0.569. The number of thiazole rings is 1. The summed E-state index contributed by atoms with van der Waals surface area (Å²) < 4.78 is 24.5. The van der Waals surface area contributed by atoms with Crippen molar-refractivity contribution in [3.63, 3.8) is 0 Å². The number of nitrogens with zero attached hydrogens (tertiary/aromatic N) is 4. The van der Waals surface area contributed by atoms with Gasteiger partial charge in [-0.05, 0) is 31.5 Å². The van der Waals surface area contributed by atoms with Gasteiger partial charge in [-0.1, -0.05) is 23.5 Å². The van der Waals surface area contributed by atoms with Crippen molar-refractivity contribution in [2.45, 2.75) is 43.4 Å². The lowest BCUT2D eigenvalue weighted by atomic mass is 10.1. The summed E-state index contributed by atoms with van der Waals surface area (Å²) in [4.78, 5) is 40.4. The normalized spacial score (nSPS) is 13.6. The largest absolute Gasteiger partial charge is 0.337 e. The summed E-state index contributed by atoms with van der Waals surface area (Å²) >= 11 is 1.34. The van der Waals surface area contributed by atoms with Gasteiger partial charge in [0.05, 0.1) is 35.0 Å². The third-order valence-electron chi connectivity index (χ3n) is 5.33. The molecule has 1 aliphatic heterocycles. The van der Waals surface area contributed by atoms with E-state index in [-0.39, 0.29) is 28.8 Å². The molecule has 3 aromatic rings. The molecule has 0 aliphatic carbocycles. The van der Waals surface area contributed by atoms with Gasteiger partial charge in [-0.2, -0.15) is 0 Å². The number of amides is 2. The minimum atomic E-state index is -3.34. The van der Waals surface area contributed by atoms with E-state index in [1.54, 1.807) is 43.0 Å². The van der Waals surface area contributed by atoms with Crippen molar-refractivity contribution in [2.75, 3.05) is 11.9 Å². The van der Waals surface area contributed by atoms with Gasteiger partial charge in [0.15, 0.2) is 15.0 Å². The van der Waals surface area contributed by atoms with Crippen LogP contribution in [0.1, 0.15) is 40.5 Å². The van der Waals surface area contributed by atoms with E-state index in [4.69, 9.17) is 0 Å². The predicted molar refractivity (Wildman–Crippen MR) is 124 cm³/mol. The molecular weight excluding hydrogens is 462 g/mol. The molecule has 9 nitrogen and oxygen atoms in total. The van der Waals surface area contributed by atoms with Crippen LogP contribution in [-0.4, -0.2) is 51.9 Å². The summed E-state index contributed by atoms with van der Waals surface area (Å²) in [7, 11) is -3.34. The molecule has 0 unspecified atom stereocenters. The maximum absolute atomic E-state index is 12.8. The first kappa shape index (κ1) is 23.0. The van der Waals surface area contributed by atoms with E-state index >= 15 is 0 Å². The van der Waals surface area contributed by atoms with E-state index in [1.807, 2.05) is 0 Å². The molecule has 1 N–H and O–H groups in total. The molecule has 0 saturated carbocycles. The van der Waals surface area contributed by atoms with Gasteiger partial charge in [0.1, 0.15) is 5.69 Å². The maximum Gasteiger partial charge on any atom is 0.277 e. The van der Waals surface area contributed by atoms with Crippen LogP contribution in [0.15, 0.2) is 47.8 Å². The lowest BCUT2D eigenvalue weighted by Crippen LogP contribution is -2.36. The van der Waals surface area contributed by atoms with Crippen LogP contribution < -0.4 is 5.32 Å². The van der Waals surface area contributed by atoms with Gasteiger partial charge in [-0.15, -0.1) is 0 Å². The third-order valence-corrected chi connectivity index (χ3v) is 8.50. The van der Waals surface area contributed by atoms with Gasteiger partial charge >= 0.3 is 0 Å². The molecular formula is C22H23N5O4S2. The molecule has 0 atom stereocenters. The highest BCUT2D eigenvalue weighted by Gasteiger charge is 2.25. The van der Waals surface area contributed by atoms with Crippen LogP contribution in [0.4, 0.5) is 5.13 Å². The zero-order chi connectivity index (χ0) is 23.6. The van der Waals surface area contributed by atoms with Crippen LogP contribution in [0.25, 0.3) is 0 Å². The summed E-state index contributed by atoms with van der Waals surface area (Å²) in [5.41, 5.74) is 1.84. The van der Waals surface area contributed by atoms with Crippen molar-refractivity contribution in [1.82, 2.24) is 19.9 Å². The molecule has 2 amide bonds. The minimum Gasteiger partial charge on any atom is -0.337 e. The van der Waals surface area contributed by atoms with E-state index < -0.39 is 15.1 Å². The summed E-state index contributed by atoms with van der Waals surface area (Å²) in [5.74, 6) is -0.427. The maximum atomic E-state index is 12.8. The first-order valence-electron chi connectivity index (χ1n) is 10.4. The number of rotatable bonds is 6. The van der Waals surface area contributed by atoms with E-state index in [0.717, 1.165) is 16.1 Å². The fourth-order valence-electron chi connectivity index (χ4n) is 3.39. The van der Waals surface area contributed by atoms with Gasteiger partial charge in [0.25, 0.3) is 5.91 Å². The standard InChI is InChI=1S/C22H23N5O4S2/c1-14(2)33(30,31)16-5-3-15(4-6-16)11-20(28)27-10-7-17-19(13-27)32-22(25-17)26-21(29)18-12-23-8-9-24-18/h3-6,8-9,12,14H,7,10-11,13H2,1-2H3,(H,25,26,29). The molecule has 3 heterocycles. The highest BCUT2D eigenvalue weighted by molar-refractivity contribution is 7.92. The summed E-state index contributed by atoms with van der Waals surface area (Å²) in [6.45, 7) is 4.24. The van der Waals surface area contributed by atoms with Crippen molar-refractivity contribution >= 4 is 38.1 Å². The Kier molecular flexibility index (Phi) is 6.52. The Hall–Kier alpha value is -3.18. The number of hydrogen-bond donors (Lipinski definition) is 1. The Morgan fingerprint density at radius 2 is 1.94 bits per heavy atom. The fourth-order valence-corrected chi connectivity index (χ4v) is 5.47. The lowest BCUT2D eigenvalue weighted by Gasteiger charge is -2.26. The topological polar surface area (TPSA) is 122 Å². The van der Waals surface area contributed by atoms with Crippen LogP contribution in [0, 0.1) is 0 Å². The Labute approximate surface area is 195 Å². The van der Waals surface area contributed by atoms with Crippen molar-refractivity contribution in [3.05, 3.63) is 64.7 Å². The molecule has 33 heavy (non-hydrogen) atoms. The number of carbonyl (C=O) groups is 2. The highest BCUT2D eigenvalue weighted by atomic mass is 32.2. The zero-order valence-electron chi connectivity index (χ0n) is 18.2.